The normalized spacial score (nSPS) is 27.8. The first-order valence-corrected chi connectivity index (χ1v) is 9.67. The zero-order chi connectivity index (χ0) is 19.6. The molecule has 28 heavy (non-hydrogen) atoms. The Labute approximate surface area is 170 Å². The Morgan fingerprint density at radius 3 is 2.57 bits per heavy atom. The van der Waals surface area contributed by atoms with E-state index < -0.39 is 23.4 Å². The van der Waals surface area contributed by atoms with Crippen molar-refractivity contribution in [1.29, 1.82) is 0 Å². The number of anilines is 1. The Hall–Kier alpha value is -2.57. The number of carbonyl (C=O) groups is 3. The van der Waals surface area contributed by atoms with Gasteiger partial charge in [-0.15, -0.1) is 0 Å². The number of hydrogen-bond donors (Lipinski definition) is 2. The molecule has 2 aliphatic heterocycles. The third-order valence-corrected chi connectivity index (χ3v) is 6.48. The maximum atomic E-state index is 13.3. The molecule has 1 spiro atoms. The van der Waals surface area contributed by atoms with Gasteiger partial charge in [-0.25, -0.2) is 4.79 Å². The van der Waals surface area contributed by atoms with Gasteiger partial charge in [0, 0.05) is 12.1 Å². The smallest absolute Gasteiger partial charge is 0.312 e. The summed E-state index contributed by atoms with van der Waals surface area (Å²) in [5.41, 5.74) is 0.586. The number of rotatable bonds is 3. The molecule has 2 heterocycles. The molecule has 2 N–H and O–H groups in total. The lowest BCUT2D eigenvalue weighted by Gasteiger charge is -2.21. The molecular weight excluding hydrogens is 401 g/mol. The highest BCUT2D eigenvalue weighted by molar-refractivity contribution is 6.42. The molecule has 3 atom stereocenters. The first-order valence-electron chi connectivity index (χ1n) is 8.92. The second kappa shape index (κ2) is 5.96. The maximum Gasteiger partial charge on any atom is 0.323 e. The van der Waals surface area contributed by atoms with Crippen molar-refractivity contribution in [3.63, 3.8) is 0 Å². The summed E-state index contributed by atoms with van der Waals surface area (Å²) in [4.78, 5) is 39.2. The van der Waals surface area contributed by atoms with Gasteiger partial charge in [0.1, 0.15) is 0 Å². The Bertz CT molecular complexity index is 1060. The van der Waals surface area contributed by atoms with Crippen LogP contribution in [0.3, 0.4) is 0 Å². The monoisotopic (exact) mass is 415 g/mol. The van der Waals surface area contributed by atoms with Crippen LogP contribution in [-0.4, -0.2) is 24.4 Å². The SMILES string of the molecule is O=C1NC(=O)C2(N1)C(=O)N(CC1CC1c1ccc(Cl)c(Cl)c1)c1ccccc12. The summed E-state index contributed by atoms with van der Waals surface area (Å²) in [6.07, 6.45) is 0.912. The van der Waals surface area contributed by atoms with E-state index in [4.69, 9.17) is 23.2 Å². The molecule has 2 aromatic rings. The average molecular weight is 416 g/mol. The fourth-order valence-electron chi connectivity index (χ4n) is 4.26. The van der Waals surface area contributed by atoms with E-state index in [0.717, 1.165) is 12.0 Å². The van der Waals surface area contributed by atoms with Crippen molar-refractivity contribution >= 4 is 46.7 Å². The van der Waals surface area contributed by atoms with Gasteiger partial charge in [-0.1, -0.05) is 47.5 Å². The van der Waals surface area contributed by atoms with Crippen LogP contribution < -0.4 is 15.5 Å². The fourth-order valence-corrected chi connectivity index (χ4v) is 4.57. The molecule has 4 amide bonds. The summed E-state index contributed by atoms with van der Waals surface area (Å²) in [5, 5.41) is 5.76. The number of imide groups is 1. The van der Waals surface area contributed by atoms with Crippen LogP contribution in [0.1, 0.15) is 23.5 Å². The standard InChI is InChI=1S/C20H15Cl2N3O3/c21-14-6-5-10(8-15(14)22)12-7-11(12)9-25-16-4-2-1-3-13(16)20(18(25)27)17(26)23-19(28)24-20/h1-6,8,11-12H,7,9H2,(H2,23,24,26,28). The van der Waals surface area contributed by atoms with E-state index in [9.17, 15) is 14.4 Å². The lowest BCUT2D eigenvalue weighted by molar-refractivity contribution is -0.133. The second-order valence-corrected chi connectivity index (χ2v) is 8.18. The number of carbonyl (C=O) groups excluding carboxylic acids is 3. The van der Waals surface area contributed by atoms with Gasteiger partial charge in [0.05, 0.1) is 15.7 Å². The van der Waals surface area contributed by atoms with Crippen LogP contribution in [0, 0.1) is 5.92 Å². The number of fused-ring (bicyclic) bond motifs is 2. The van der Waals surface area contributed by atoms with Crippen LogP contribution in [0.2, 0.25) is 10.0 Å². The molecule has 2 fully saturated rings. The van der Waals surface area contributed by atoms with Gasteiger partial charge in [-0.05, 0) is 42.0 Å². The summed E-state index contributed by atoms with van der Waals surface area (Å²) in [6.45, 7) is 0.464. The van der Waals surface area contributed by atoms with Crippen LogP contribution in [0.4, 0.5) is 10.5 Å². The molecule has 142 valence electrons. The summed E-state index contributed by atoms with van der Waals surface area (Å²) in [7, 11) is 0. The number of amides is 4. The summed E-state index contributed by atoms with van der Waals surface area (Å²) < 4.78 is 0. The minimum atomic E-state index is -1.67. The summed E-state index contributed by atoms with van der Waals surface area (Å²) >= 11 is 12.1. The topological polar surface area (TPSA) is 78.5 Å². The quantitative estimate of drug-likeness (QED) is 0.596. The first kappa shape index (κ1) is 17.5. The molecular formula is C20H15Cl2N3O3. The van der Waals surface area contributed by atoms with Gasteiger partial charge in [0.15, 0.2) is 0 Å². The molecule has 3 unspecified atom stereocenters. The zero-order valence-corrected chi connectivity index (χ0v) is 16.1. The van der Waals surface area contributed by atoms with E-state index in [0.29, 0.717) is 27.8 Å². The maximum absolute atomic E-state index is 13.3. The third kappa shape index (κ3) is 2.38. The van der Waals surface area contributed by atoms with E-state index in [-0.39, 0.29) is 11.8 Å². The van der Waals surface area contributed by atoms with Gasteiger partial charge in [-0.2, -0.15) is 0 Å². The fraction of sp³-hybridized carbons (Fsp3) is 0.250. The third-order valence-electron chi connectivity index (χ3n) is 5.74. The van der Waals surface area contributed by atoms with Crippen LogP contribution in [0.5, 0.6) is 0 Å². The van der Waals surface area contributed by atoms with Crippen molar-refractivity contribution in [3.05, 3.63) is 63.6 Å². The molecule has 0 aromatic heterocycles. The van der Waals surface area contributed by atoms with E-state index in [2.05, 4.69) is 10.6 Å². The largest absolute Gasteiger partial charge is 0.323 e. The highest BCUT2D eigenvalue weighted by Crippen LogP contribution is 2.51. The number of halogens is 2. The van der Waals surface area contributed by atoms with E-state index in [1.807, 2.05) is 18.2 Å². The minimum absolute atomic E-state index is 0.240. The highest BCUT2D eigenvalue weighted by Gasteiger charge is 2.61. The van der Waals surface area contributed by atoms with Crippen LogP contribution in [0.25, 0.3) is 0 Å². The predicted octanol–water partition coefficient (Wildman–Crippen LogP) is 3.18. The molecule has 8 heteroatoms. The number of para-hydroxylation sites is 1. The lowest BCUT2D eigenvalue weighted by atomic mass is 9.92. The number of benzene rings is 2. The van der Waals surface area contributed by atoms with Gasteiger partial charge < -0.3 is 10.2 Å². The molecule has 1 saturated heterocycles. The van der Waals surface area contributed by atoms with E-state index in [1.54, 1.807) is 29.2 Å². The number of nitrogens with zero attached hydrogens (tertiary/aromatic N) is 1. The number of hydrogen-bond acceptors (Lipinski definition) is 3. The van der Waals surface area contributed by atoms with E-state index >= 15 is 0 Å². The lowest BCUT2D eigenvalue weighted by Crippen LogP contribution is -2.52. The number of nitrogens with one attached hydrogen (secondary N) is 2. The number of urea groups is 1. The Morgan fingerprint density at radius 2 is 1.86 bits per heavy atom. The second-order valence-electron chi connectivity index (χ2n) is 7.37. The molecule has 0 bridgehead atoms. The van der Waals surface area contributed by atoms with Gasteiger partial charge in [0.2, 0.25) is 5.54 Å². The molecule has 6 nitrogen and oxygen atoms in total. The van der Waals surface area contributed by atoms with Gasteiger partial charge in [-0.3, -0.25) is 14.9 Å². The summed E-state index contributed by atoms with van der Waals surface area (Å²) in [6, 6.07) is 12.0. The highest BCUT2D eigenvalue weighted by atomic mass is 35.5. The van der Waals surface area contributed by atoms with Gasteiger partial charge >= 0.3 is 6.03 Å². The Kier molecular flexibility index (Phi) is 3.73. The molecule has 2 aromatic carbocycles. The minimum Gasteiger partial charge on any atom is -0.312 e. The van der Waals surface area contributed by atoms with Crippen molar-refractivity contribution in [3.8, 4) is 0 Å². The molecule has 5 rings (SSSR count). The molecule has 3 aliphatic rings. The first-order chi connectivity index (χ1) is 13.4. The van der Waals surface area contributed by atoms with Crippen molar-refractivity contribution in [2.45, 2.75) is 17.9 Å². The Balaban J connectivity index is 1.44. The van der Waals surface area contributed by atoms with Crippen molar-refractivity contribution in [2.75, 3.05) is 11.4 Å². The predicted molar refractivity (Wildman–Crippen MR) is 104 cm³/mol. The summed E-state index contributed by atoms with van der Waals surface area (Å²) in [5.74, 6) is -0.533. The molecule has 1 saturated carbocycles. The average Bonchev–Trinajstić information content (AvgIpc) is 3.32. The molecule has 0 radical (unpaired) electrons. The van der Waals surface area contributed by atoms with Crippen molar-refractivity contribution in [1.82, 2.24) is 10.6 Å². The van der Waals surface area contributed by atoms with Crippen LogP contribution in [0.15, 0.2) is 42.5 Å². The van der Waals surface area contributed by atoms with Gasteiger partial charge in [0.25, 0.3) is 11.8 Å². The van der Waals surface area contributed by atoms with E-state index in [1.165, 1.54) is 0 Å². The zero-order valence-electron chi connectivity index (χ0n) is 14.5. The van der Waals surface area contributed by atoms with Crippen LogP contribution >= 0.6 is 23.2 Å². The van der Waals surface area contributed by atoms with Crippen molar-refractivity contribution < 1.29 is 14.4 Å². The molecule has 1 aliphatic carbocycles. The van der Waals surface area contributed by atoms with Crippen molar-refractivity contribution in [2.24, 2.45) is 5.92 Å². The van der Waals surface area contributed by atoms with Crippen LogP contribution in [-0.2, 0) is 15.1 Å². The Morgan fingerprint density at radius 1 is 1.07 bits per heavy atom.